The summed E-state index contributed by atoms with van der Waals surface area (Å²) in [6.45, 7) is 8.41. The molecule has 6 aromatic rings. The van der Waals surface area contributed by atoms with E-state index >= 15 is 0 Å². The molecule has 0 aromatic heterocycles. The number of fused-ring (bicyclic) bond motifs is 1. The molecule has 2 nitrogen and oxygen atoms in total. The first-order chi connectivity index (χ1) is 25.2. The molecule has 246 valence electrons. The molecule has 6 aromatic carbocycles. The van der Waals surface area contributed by atoms with Crippen molar-refractivity contribution in [2.45, 2.75) is 4.90 Å². The third kappa shape index (κ3) is 7.65. The maximum atomic E-state index is 4.33. The number of rotatable bonds is 10. The van der Waals surface area contributed by atoms with E-state index in [0.29, 0.717) is 0 Å². The van der Waals surface area contributed by atoms with Gasteiger partial charge in [-0.15, -0.1) is 0 Å². The molecule has 0 spiro atoms. The number of nitrogens with zero attached hydrogens (tertiary/aromatic N) is 2. The van der Waals surface area contributed by atoms with Gasteiger partial charge in [0.1, 0.15) is 0 Å². The molecule has 0 amide bonds. The predicted octanol–water partition coefficient (Wildman–Crippen LogP) is 13.9. The fourth-order valence-electron chi connectivity index (χ4n) is 6.22. The minimum atomic E-state index is 0.992. The average molecular weight is 675 g/mol. The number of thioether (sulfide) groups is 1. The van der Waals surface area contributed by atoms with Crippen molar-refractivity contribution in [1.82, 2.24) is 0 Å². The SMILES string of the molecule is C=C/C=C(\C=C/c1ccccc1)N(c1ccc(-c2cccc3c2S/C=C\C=C/C3=C)cc1)c1ccc(N(c2ccccc2)c2ccccc2)cc1. The maximum Gasteiger partial charge on any atom is 0.0463 e. The topological polar surface area (TPSA) is 6.48 Å². The van der Waals surface area contributed by atoms with Gasteiger partial charge in [-0.2, -0.15) is 0 Å². The van der Waals surface area contributed by atoms with Crippen LogP contribution in [0.3, 0.4) is 0 Å². The molecule has 0 unspecified atom stereocenters. The van der Waals surface area contributed by atoms with E-state index < -0.39 is 0 Å². The number of hydrogen-bond donors (Lipinski definition) is 0. The minimum absolute atomic E-state index is 0.992. The highest BCUT2D eigenvalue weighted by Crippen LogP contribution is 2.41. The van der Waals surface area contributed by atoms with Crippen molar-refractivity contribution in [2.24, 2.45) is 0 Å². The van der Waals surface area contributed by atoms with E-state index in [2.05, 4.69) is 210 Å². The van der Waals surface area contributed by atoms with Crippen LogP contribution in [0.4, 0.5) is 28.4 Å². The lowest BCUT2D eigenvalue weighted by molar-refractivity contribution is 1.20. The maximum absolute atomic E-state index is 4.33. The number of allylic oxidation sites excluding steroid dienone is 7. The first-order valence-corrected chi connectivity index (χ1v) is 17.9. The van der Waals surface area contributed by atoms with Crippen LogP contribution in [0, 0.1) is 0 Å². The van der Waals surface area contributed by atoms with Crippen LogP contribution in [0.1, 0.15) is 11.1 Å². The van der Waals surface area contributed by atoms with E-state index in [0.717, 1.165) is 56.4 Å². The van der Waals surface area contributed by atoms with Gasteiger partial charge in [-0.25, -0.2) is 0 Å². The van der Waals surface area contributed by atoms with E-state index in [4.69, 9.17) is 0 Å². The van der Waals surface area contributed by atoms with Crippen LogP contribution in [-0.4, -0.2) is 0 Å². The first-order valence-electron chi connectivity index (χ1n) is 17.0. The normalized spacial score (nSPS) is 13.9. The molecule has 0 radical (unpaired) electrons. The van der Waals surface area contributed by atoms with Crippen LogP contribution >= 0.6 is 11.8 Å². The summed E-state index contributed by atoms with van der Waals surface area (Å²) in [6, 6.07) is 55.4. The lowest BCUT2D eigenvalue weighted by Crippen LogP contribution is -2.16. The van der Waals surface area contributed by atoms with Crippen molar-refractivity contribution < 1.29 is 0 Å². The zero-order chi connectivity index (χ0) is 34.8. The lowest BCUT2D eigenvalue weighted by Gasteiger charge is -2.29. The third-order valence-electron chi connectivity index (χ3n) is 8.66. The van der Waals surface area contributed by atoms with Crippen molar-refractivity contribution in [1.29, 1.82) is 0 Å². The quantitative estimate of drug-likeness (QED) is 0.134. The molecule has 3 heteroatoms. The highest BCUT2D eigenvalue weighted by atomic mass is 32.2. The Balaban J connectivity index is 1.30. The van der Waals surface area contributed by atoms with Gasteiger partial charge in [-0.3, -0.25) is 0 Å². The first kappa shape index (κ1) is 33.2. The van der Waals surface area contributed by atoms with Gasteiger partial charge >= 0.3 is 0 Å². The molecule has 7 rings (SSSR count). The van der Waals surface area contributed by atoms with Gasteiger partial charge in [0, 0.05) is 39.0 Å². The fraction of sp³-hybridized carbons (Fsp3) is 0. The van der Waals surface area contributed by atoms with Crippen LogP contribution in [0.25, 0.3) is 22.8 Å². The summed E-state index contributed by atoms with van der Waals surface area (Å²) in [5, 5.41) is 2.13. The highest BCUT2D eigenvalue weighted by Gasteiger charge is 2.18. The third-order valence-corrected chi connectivity index (χ3v) is 9.63. The Bertz CT molecular complexity index is 2190. The monoisotopic (exact) mass is 674 g/mol. The summed E-state index contributed by atoms with van der Waals surface area (Å²) < 4.78 is 0. The molecule has 0 bridgehead atoms. The molecule has 1 aliphatic rings. The molecule has 0 atom stereocenters. The van der Waals surface area contributed by atoms with Gasteiger partial charge in [0.2, 0.25) is 0 Å². The van der Waals surface area contributed by atoms with Crippen molar-refractivity contribution >= 4 is 51.8 Å². The molecule has 0 aliphatic carbocycles. The second kappa shape index (κ2) is 15.9. The van der Waals surface area contributed by atoms with Crippen LogP contribution < -0.4 is 9.80 Å². The largest absolute Gasteiger partial charge is 0.311 e. The molecular weight excluding hydrogens is 637 g/mol. The Kier molecular flexibility index (Phi) is 10.4. The second-order valence-electron chi connectivity index (χ2n) is 12.0. The number of benzene rings is 6. The molecule has 0 saturated carbocycles. The van der Waals surface area contributed by atoms with Crippen molar-refractivity contribution in [2.75, 3.05) is 9.80 Å². The van der Waals surface area contributed by atoms with Gasteiger partial charge in [0.25, 0.3) is 0 Å². The molecule has 0 saturated heterocycles. The van der Waals surface area contributed by atoms with E-state index in [9.17, 15) is 0 Å². The number of hydrogen-bond acceptors (Lipinski definition) is 3. The summed E-state index contributed by atoms with van der Waals surface area (Å²) in [5.41, 5.74) is 12.0. The highest BCUT2D eigenvalue weighted by molar-refractivity contribution is 8.02. The van der Waals surface area contributed by atoms with E-state index in [1.54, 1.807) is 11.8 Å². The zero-order valence-corrected chi connectivity index (χ0v) is 29.2. The average Bonchev–Trinajstić information content (AvgIpc) is 3.18. The number of para-hydroxylation sites is 2. The molecule has 0 fully saturated rings. The summed E-state index contributed by atoms with van der Waals surface area (Å²) in [5.74, 6) is 0. The molecular formula is C48H38N2S. The fourth-order valence-corrected chi connectivity index (χ4v) is 7.16. The van der Waals surface area contributed by atoms with Crippen LogP contribution in [0.5, 0.6) is 0 Å². The Morgan fingerprint density at radius 3 is 1.73 bits per heavy atom. The summed E-state index contributed by atoms with van der Waals surface area (Å²) in [4.78, 5) is 5.77. The van der Waals surface area contributed by atoms with Crippen LogP contribution in [0.2, 0.25) is 0 Å². The van der Waals surface area contributed by atoms with Crippen LogP contribution in [0.15, 0.2) is 223 Å². The van der Waals surface area contributed by atoms with Crippen molar-refractivity contribution in [3.05, 3.63) is 230 Å². The lowest BCUT2D eigenvalue weighted by atomic mass is 9.98. The predicted molar refractivity (Wildman–Crippen MR) is 222 cm³/mol. The summed E-state index contributed by atoms with van der Waals surface area (Å²) in [6.07, 6.45) is 14.4. The zero-order valence-electron chi connectivity index (χ0n) is 28.3. The van der Waals surface area contributed by atoms with Gasteiger partial charge in [-0.1, -0.05) is 152 Å². The Morgan fingerprint density at radius 1 is 0.549 bits per heavy atom. The van der Waals surface area contributed by atoms with Crippen molar-refractivity contribution in [3.63, 3.8) is 0 Å². The van der Waals surface area contributed by atoms with E-state index in [1.165, 1.54) is 10.5 Å². The van der Waals surface area contributed by atoms with Gasteiger partial charge in [0.05, 0.1) is 0 Å². The summed E-state index contributed by atoms with van der Waals surface area (Å²) >= 11 is 1.74. The van der Waals surface area contributed by atoms with E-state index in [-0.39, 0.29) is 0 Å². The molecule has 1 heterocycles. The van der Waals surface area contributed by atoms with E-state index in [1.807, 2.05) is 18.2 Å². The van der Waals surface area contributed by atoms with Gasteiger partial charge in [-0.05, 0) is 106 Å². The standard InChI is InChI=1S/C48H38N2S/c1-3-16-40(29-26-38-18-7-4-8-19-38)49(43-30-27-39(28-31-43)47-25-15-24-46-37(2)17-13-14-36-51-48(46)47)44-32-34-45(35-33-44)50(41-20-9-5-10-21-41)42-22-11-6-12-23-42/h3-36H,1-2H2/b17-13-,29-26-,36-14-,40-16+. The Labute approximate surface area is 306 Å². The molecule has 1 aliphatic heterocycles. The smallest absolute Gasteiger partial charge is 0.0463 e. The van der Waals surface area contributed by atoms with Crippen molar-refractivity contribution in [3.8, 4) is 11.1 Å². The van der Waals surface area contributed by atoms with Crippen LogP contribution in [-0.2, 0) is 0 Å². The Hall–Kier alpha value is -6.29. The molecule has 51 heavy (non-hydrogen) atoms. The minimum Gasteiger partial charge on any atom is -0.311 e. The van der Waals surface area contributed by atoms with Gasteiger partial charge < -0.3 is 9.80 Å². The summed E-state index contributed by atoms with van der Waals surface area (Å²) in [7, 11) is 0. The number of anilines is 5. The second-order valence-corrected chi connectivity index (χ2v) is 12.9. The van der Waals surface area contributed by atoms with Gasteiger partial charge in [0.15, 0.2) is 0 Å². The Morgan fingerprint density at radius 2 is 1.10 bits per heavy atom. The molecule has 0 N–H and O–H groups in total.